The standard InChI is InChI=1S/C24H35N5O3/c1-5-14(4)19(25)22(31)29-24(23(32)28-20(13(2)3)21(26)30)11-10-18-16(12-24)15-8-6-7-9-17(15)27-18/h6-9,13-14,19-20,27H,5,10-12,25H2,1-4H3,(H2,26,30)(H,28,32)(H,29,31)/t14-,19-,20-,24-/m0/s1. The van der Waals surface area contributed by atoms with Crippen molar-refractivity contribution in [2.75, 3.05) is 0 Å². The van der Waals surface area contributed by atoms with Gasteiger partial charge in [0.25, 0.3) is 0 Å². The fourth-order valence-electron chi connectivity index (χ4n) is 4.43. The average molecular weight is 442 g/mol. The molecule has 0 spiro atoms. The number of carbonyl (C=O) groups is 3. The number of carbonyl (C=O) groups excluding carboxylic acids is 3. The Balaban J connectivity index is 1.99. The minimum atomic E-state index is -1.22. The first-order valence-corrected chi connectivity index (χ1v) is 11.4. The van der Waals surface area contributed by atoms with Crippen LogP contribution in [0.5, 0.6) is 0 Å². The Morgan fingerprint density at radius 3 is 2.50 bits per heavy atom. The molecule has 8 heteroatoms. The average Bonchev–Trinajstić information content (AvgIpc) is 3.13. The second-order valence-electron chi connectivity index (χ2n) is 9.38. The van der Waals surface area contributed by atoms with E-state index in [1.165, 1.54) is 0 Å². The predicted molar refractivity (Wildman–Crippen MR) is 125 cm³/mol. The van der Waals surface area contributed by atoms with Crippen molar-refractivity contribution in [1.29, 1.82) is 0 Å². The lowest BCUT2D eigenvalue weighted by atomic mass is 9.78. The Morgan fingerprint density at radius 2 is 1.88 bits per heavy atom. The predicted octanol–water partition coefficient (Wildman–Crippen LogP) is 1.51. The van der Waals surface area contributed by atoms with E-state index >= 15 is 0 Å². The van der Waals surface area contributed by atoms with E-state index in [0.717, 1.165) is 28.6 Å². The molecular formula is C24H35N5O3. The Morgan fingerprint density at radius 1 is 1.19 bits per heavy atom. The third kappa shape index (κ3) is 4.50. The molecule has 0 unspecified atom stereocenters. The Bertz CT molecular complexity index is 1010. The summed E-state index contributed by atoms with van der Waals surface area (Å²) in [6, 6.07) is 6.35. The van der Waals surface area contributed by atoms with E-state index in [1.54, 1.807) is 0 Å². The van der Waals surface area contributed by atoms with Crippen LogP contribution in [-0.2, 0) is 27.2 Å². The monoisotopic (exact) mass is 441 g/mol. The number of benzene rings is 1. The molecule has 0 fully saturated rings. The third-order valence-corrected chi connectivity index (χ3v) is 6.80. The number of para-hydroxylation sites is 1. The Labute approximate surface area is 188 Å². The molecule has 8 nitrogen and oxygen atoms in total. The fraction of sp³-hybridized carbons (Fsp3) is 0.542. The van der Waals surface area contributed by atoms with E-state index in [0.29, 0.717) is 19.3 Å². The highest BCUT2D eigenvalue weighted by Gasteiger charge is 2.45. The molecule has 0 saturated heterocycles. The van der Waals surface area contributed by atoms with Crippen LogP contribution >= 0.6 is 0 Å². The molecule has 3 amide bonds. The van der Waals surface area contributed by atoms with Gasteiger partial charge in [0.2, 0.25) is 17.7 Å². The van der Waals surface area contributed by atoms with Gasteiger partial charge in [0, 0.05) is 23.0 Å². The van der Waals surface area contributed by atoms with E-state index in [1.807, 2.05) is 52.0 Å². The molecule has 1 aliphatic carbocycles. The van der Waals surface area contributed by atoms with Crippen molar-refractivity contribution in [2.45, 2.75) is 71.0 Å². The number of amides is 3. The van der Waals surface area contributed by atoms with Gasteiger partial charge in [-0.1, -0.05) is 52.3 Å². The first-order chi connectivity index (χ1) is 15.1. The summed E-state index contributed by atoms with van der Waals surface area (Å²) in [6.45, 7) is 7.52. The van der Waals surface area contributed by atoms with Gasteiger partial charge in [-0.2, -0.15) is 0 Å². The second-order valence-corrected chi connectivity index (χ2v) is 9.38. The fourth-order valence-corrected chi connectivity index (χ4v) is 4.43. The summed E-state index contributed by atoms with van der Waals surface area (Å²) < 4.78 is 0. The number of nitrogens with one attached hydrogen (secondary N) is 3. The van der Waals surface area contributed by atoms with Crippen LogP contribution < -0.4 is 22.1 Å². The van der Waals surface area contributed by atoms with Crippen molar-refractivity contribution >= 4 is 28.6 Å². The lowest BCUT2D eigenvalue weighted by molar-refractivity contribution is -0.137. The first-order valence-electron chi connectivity index (χ1n) is 11.4. The van der Waals surface area contributed by atoms with Crippen LogP contribution in [0, 0.1) is 11.8 Å². The molecule has 2 aromatic rings. The van der Waals surface area contributed by atoms with Crippen LogP contribution in [-0.4, -0.2) is 40.3 Å². The summed E-state index contributed by atoms with van der Waals surface area (Å²) in [5.41, 5.74) is 13.6. The van der Waals surface area contributed by atoms with Crippen molar-refractivity contribution in [3.05, 3.63) is 35.5 Å². The van der Waals surface area contributed by atoms with Gasteiger partial charge in [0.1, 0.15) is 11.6 Å². The molecule has 1 aliphatic rings. The minimum absolute atomic E-state index is 0.0311. The van der Waals surface area contributed by atoms with Crippen LogP contribution in [0.3, 0.4) is 0 Å². The molecule has 0 radical (unpaired) electrons. The van der Waals surface area contributed by atoms with Gasteiger partial charge < -0.3 is 27.1 Å². The quantitative estimate of drug-likeness (QED) is 0.423. The number of aryl methyl sites for hydroxylation is 1. The zero-order chi connectivity index (χ0) is 23.6. The summed E-state index contributed by atoms with van der Waals surface area (Å²) in [7, 11) is 0. The molecule has 0 saturated carbocycles. The molecule has 1 aromatic carbocycles. The molecule has 7 N–H and O–H groups in total. The second kappa shape index (κ2) is 9.32. The van der Waals surface area contributed by atoms with Gasteiger partial charge in [0.05, 0.1) is 6.04 Å². The van der Waals surface area contributed by atoms with E-state index in [2.05, 4.69) is 15.6 Å². The summed E-state index contributed by atoms with van der Waals surface area (Å²) in [5, 5.41) is 6.81. The topological polar surface area (TPSA) is 143 Å². The van der Waals surface area contributed by atoms with Gasteiger partial charge >= 0.3 is 0 Å². The van der Waals surface area contributed by atoms with Gasteiger partial charge in [-0.3, -0.25) is 14.4 Å². The third-order valence-electron chi connectivity index (χ3n) is 6.80. The van der Waals surface area contributed by atoms with Gasteiger partial charge in [-0.25, -0.2) is 0 Å². The number of rotatable bonds is 8. The van der Waals surface area contributed by atoms with Crippen LogP contribution in [0.1, 0.15) is 51.8 Å². The molecule has 32 heavy (non-hydrogen) atoms. The van der Waals surface area contributed by atoms with Crippen molar-refractivity contribution in [2.24, 2.45) is 23.3 Å². The Hall–Kier alpha value is -2.87. The molecule has 4 atom stereocenters. The molecule has 0 bridgehead atoms. The highest BCUT2D eigenvalue weighted by molar-refractivity contribution is 5.97. The highest BCUT2D eigenvalue weighted by atomic mass is 16.2. The SMILES string of the molecule is CC[C@H](C)[C@H](N)C(=O)N[C@@]1(C(=O)N[C@H](C(N)=O)C(C)C)CCc2[nH]c3ccccc3c2C1. The van der Waals surface area contributed by atoms with Crippen molar-refractivity contribution < 1.29 is 14.4 Å². The van der Waals surface area contributed by atoms with E-state index in [-0.39, 0.29) is 17.7 Å². The summed E-state index contributed by atoms with van der Waals surface area (Å²) in [5.74, 6) is -1.58. The number of nitrogens with two attached hydrogens (primary N) is 2. The van der Waals surface area contributed by atoms with E-state index in [9.17, 15) is 14.4 Å². The van der Waals surface area contributed by atoms with Crippen molar-refractivity contribution in [3.63, 3.8) is 0 Å². The highest BCUT2D eigenvalue weighted by Crippen LogP contribution is 2.34. The Kier molecular flexibility index (Phi) is 6.93. The maximum Gasteiger partial charge on any atom is 0.246 e. The first kappa shape index (κ1) is 23.8. The zero-order valence-electron chi connectivity index (χ0n) is 19.3. The van der Waals surface area contributed by atoms with Crippen molar-refractivity contribution in [3.8, 4) is 0 Å². The number of aromatic nitrogens is 1. The summed E-state index contributed by atoms with van der Waals surface area (Å²) >= 11 is 0. The maximum absolute atomic E-state index is 13.6. The molecule has 1 heterocycles. The number of hydrogen-bond acceptors (Lipinski definition) is 4. The number of fused-ring (bicyclic) bond motifs is 3. The van der Waals surface area contributed by atoms with Crippen LogP contribution in [0.25, 0.3) is 10.9 Å². The molecule has 3 rings (SSSR count). The summed E-state index contributed by atoms with van der Waals surface area (Å²) in [6.07, 6.45) is 2.03. The number of primary amides is 1. The van der Waals surface area contributed by atoms with Crippen LogP contribution in [0.2, 0.25) is 0 Å². The lowest BCUT2D eigenvalue weighted by Crippen LogP contribution is -2.66. The maximum atomic E-state index is 13.6. The molecule has 1 aromatic heterocycles. The lowest BCUT2D eigenvalue weighted by Gasteiger charge is -2.39. The zero-order valence-corrected chi connectivity index (χ0v) is 19.3. The minimum Gasteiger partial charge on any atom is -0.368 e. The normalized spacial score (nSPS) is 20.9. The van der Waals surface area contributed by atoms with Crippen LogP contribution in [0.15, 0.2) is 24.3 Å². The van der Waals surface area contributed by atoms with Gasteiger partial charge in [-0.05, 0) is 36.3 Å². The largest absolute Gasteiger partial charge is 0.368 e. The number of aromatic amines is 1. The number of H-pyrrole nitrogens is 1. The summed E-state index contributed by atoms with van der Waals surface area (Å²) in [4.78, 5) is 42.1. The smallest absolute Gasteiger partial charge is 0.246 e. The molecular weight excluding hydrogens is 406 g/mol. The van der Waals surface area contributed by atoms with E-state index < -0.39 is 29.4 Å². The van der Waals surface area contributed by atoms with Gasteiger partial charge in [-0.15, -0.1) is 0 Å². The van der Waals surface area contributed by atoms with Gasteiger partial charge in [0.15, 0.2) is 0 Å². The van der Waals surface area contributed by atoms with Crippen molar-refractivity contribution in [1.82, 2.24) is 15.6 Å². The van der Waals surface area contributed by atoms with Crippen LogP contribution in [0.4, 0.5) is 0 Å². The molecule has 0 aliphatic heterocycles. The van der Waals surface area contributed by atoms with E-state index in [4.69, 9.17) is 11.5 Å². The number of hydrogen-bond donors (Lipinski definition) is 5. The molecule has 174 valence electrons.